The fourth-order valence-electron chi connectivity index (χ4n) is 6.93. The summed E-state index contributed by atoms with van der Waals surface area (Å²) in [6.07, 6.45) is 8.40. The predicted molar refractivity (Wildman–Crippen MR) is 225 cm³/mol. The summed E-state index contributed by atoms with van der Waals surface area (Å²) in [7, 11) is 3.20. The summed E-state index contributed by atoms with van der Waals surface area (Å²) < 4.78 is 11.1. The molecule has 0 spiro atoms. The van der Waals surface area contributed by atoms with Crippen LogP contribution in [0.2, 0.25) is 0 Å². The summed E-state index contributed by atoms with van der Waals surface area (Å²) in [6, 6.07) is 24.0. The minimum atomic E-state index is 0.589. The molecule has 0 bridgehead atoms. The van der Waals surface area contributed by atoms with Gasteiger partial charge in [-0.05, 0) is 53.9 Å². The number of rotatable bonds is 10. The van der Waals surface area contributed by atoms with Crippen molar-refractivity contribution in [3.8, 4) is 23.9 Å². The number of fused-ring (bicyclic) bond motifs is 2. The first kappa shape index (κ1) is 39.4. The van der Waals surface area contributed by atoms with Crippen molar-refractivity contribution in [3.05, 3.63) is 141 Å². The average Bonchev–Trinajstić information content (AvgIpc) is 3.27. The molecule has 0 fully saturated rings. The number of hydrogen-bond acceptors (Lipinski definition) is 14. The third-order valence-electron chi connectivity index (χ3n) is 9.97. The molecule has 0 atom stereocenters. The number of methoxy groups -OCH3 is 2. The van der Waals surface area contributed by atoms with E-state index in [2.05, 4.69) is 78.4 Å². The second kappa shape index (κ2) is 18.4. The third-order valence-corrected chi connectivity index (χ3v) is 10.5. The number of halogens is 1. The molecule has 0 amide bonds. The van der Waals surface area contributed by atoms with Crippen LogP contribution in [0.25, 0.3) is 0 Å². The second-order valence-corrected chi connectivity index (χ2v) is 14.6. The van der Waals surface area contributed by atoms with E-state index in [0.717, 1.165) is 92.6 Å². The zero-order valence-electron chi connectivity index (χ0n) is 32.4. The zero-order valence-corrected chi connectivity index (χ0v) is 34.0. The van der Waals surface area contributed by atoms with Gasteiger partial charge in [0, 0.05) is 92.2 Å². The molecule has 6 heterocycles. The Labute approximate surface area is 345 Å². The van der Waals surface area contributed by atoms with Crippen molar-refractivity contribution in [2.24, 2.45) is 0 Å². The van der Waals surface area contributed by atoms with E-state index < -0.39 is 0 Å². The highest BCUT2D eigenvalue weighted by atomic mass is 79.9. The summed E-state index contributed by atoms with van der Waals surface area (Å²) in [5.41, 5.74) is 10.6. The van der Waals surface area contributed by atoms with Gasteiger partial charge >= 0.3 is 0 Å². The van der Waals surface area contributed by atoms with Gasteiger partial charge < -0.3 is 29.9 Å². The Morgan fingerprint density at radius 1 is 0.655 bits per heavy atom. The molecule has 2 N–H and O–H groups in total. The molecule has 6 aromatic rings. The lowest BCUT2D eigenvalue weighted by atomic mass is 10.0. The van der Waals surface area contributed by atoms with Gasteiger partial charge in [0.2, 0.25) is 11.8 Å². The first-order valence-electron chi connectivity index (χ1n) is 18.7. The molecule has 0 radical (unpaired) electrons. The van der Waals surface area contributed by atoms with Gasteiger partial charge in [-0.15, -0.1) is 0 Å². The van der Waals surface area contributed by atoms with Crippen LogP contribution in [0.4, 0.5) is 23.0 Å². The second-order valence-electron chi connectivity index (χ2n) is 13.7. The molecule has 58 heavy (non-hydrogen) atoms. The van der Waals surface area contributed by atoms with E-state index in [-0.39, 0.29) is 0 Å². The summed E-state index contributed by atoms with van der Waals surface area (Å²) in [6.45, 7) is 6.15. The van der Waals surface area contributed by atoms with Crippen molar-refractivity contribution in [1.29, 1.82) is 10.5 Å². The highest BCUT2D eigenvalue weighted by Gasteiger charge is 2.24. The van der Waals surface area contributed by atoms with Gasteiger partial charge in [-0.2, -0.15) is 10.5 Å². The van der Waals surface area contributed by atoms with Crippen molar-refractivity contribution < 1.29 is 9.47 Å². The number of hydrogen-bond donors (Lipinski definition) is 2. The van der Waals surface area contributed by atoms with E-state index in [0.29, 0.717) is 49.1 Å². The van der Waals surface area contributed by atoms with Crippen molar-refractivity contribution in [2.45, 2.75) is 45.9 Å². The molecular formula is C43H41BrN12O2. The van der Waals surface area contributed by atoms with Crippen molar-refractivity contribution in [1.82, 2.24) is 29.9 Å². The molecule has 4 aromatic heterocycles. The number of nitrogens with one attached hydrogen (secondary N) is 2. The van der Waals surface area contributed by atoms with Gasteiger partial charge in [-0.25, -0.2) is 29.9 Å². The topological polar surface area (TPSA) is 174 Å². The Balaban J connectivity index is 0.000000177. The van der Waals surface area contributed by atoms with Crippen LogP contribution in [0.5, 0.6) is 11.8 Å². The fraction of sp³-hybridized carbons (Fsp3) is 0.256. The van der Waals surface area contributed by atoms with Gasteiger partial charge in [0.1, 0.15) is 36.4 Å². The lowest BCUT2D eigenvalue weighted by Crippen LogP contribution is -2.32. The molecule has 0 saturated heterocycles. The number of pyridine rings is 2. The van der Waals surface area contributed by atoms with Gasteiger partial charge in [0.05, 0.1) is 48.1 Å². The molecule has 8 rings (SSSR count). The monoisotopic (exact) mass is 836 g/mol. The maximum Gasteiger partial charge on any atom is 0.212 e. The SMILES string of the molecule is COc1ccc(CNc2ncnc3c2CN(c2ccc(Br)cc2C#N)CC3)cn1.COc1ccc(CNc2ncnc3c2CN(c2ccc(C)cc2C#N)CC3)cn1. The number of ether oxygens (including phenoxy) is 2. The smallest absolute Gasteiger partial charge is 0.212 e. The Hall–Kier alpha value is -6.84. The molecule has 14 nitrogen and oxygen atoms in total. The number of aromatic nitrogens is 6. The molecule has 292 valence electrons. The molecular weight excluding hydrogens is 796 g/mol. The largest absolute Gasteiger partial charge is 0.481 e. The van der Waals surface area contributed by atoms with Crippen LogP contribution in [0.15, 0.2) is 90.2 Å². The lowest BCUT2D eigenvalue weighted by Gasteiger charge is -2.31. The number of nitrogens with zero attached hydrogens (tertiary/aromatic N) is 10. The van der Waals surface area contributed by atoms with E-state index >= 15 is 0 Å². The van der Waals surface area contributed by atoms with Gasteiger partial charge in [0.25, 0.3) is 0 Å². The maximum atomic E-state index is 9.54. The highest BCUT2D eigenvalue weighted by molar-refractivity contribution is 9.10. The van der Waals surface area contributed by atoms with Crippen LogP contribution in [0, 0.1) is 29.6 Å². The first-order valence-corrected chi connectivity index (χ1v) is 19.5. The molecule has 0 unspecified atom stereocenters. The molecule has 2 aromatic carbocycles. The normalized spacial score (nSPS) is 12.8. The summed E-state index contributed by atoms with van der Waals surface area (Å²) >= 11 is 3.44. The van der Waals surface area contributed by atoms with E-state index in [9.17, 15) is 10.5 Å². The van der Waals surface area contributed by atoms with Gasteiger partial charge in [-0.3, -0.25) is 0 Å². The predicted octanol–water partition coefficient (Wildman–Crippen LogP) is 6.92. The summed E-state index contributed by atoms with van der Waals surface area (Å²) in [4.78, 5) is 30.8. The van der Waals surface area contributed by atoms with Crippen LogP contribution in [0.3, 0.4) is 0 Å². The number of benzene rings is 2. The van der Waals surface area contributed by atoms with E-state index in [1.807, 2.05) is 67.6 Å². The third kappa shape index (κ3) is 9.23. The van der Waals surface area contributed by atoms with Crippen LogP contribution in [0.1, 0.15) is 50.3 Å². The van der Waals surface area contributed by atoms with Gasteiger partial charge in [0.15, 0.2) is 0 Å². The van der Waals surface area contributed by atoms with Crippen LogP contribution < -0.4 is 29.9 Å². The van der Waals surface area contributed by atoms with Crippen LogP contribution in [-0.4, -0.2) is 57.2 Å². The zero-order chi connectivity index (χ0) is 40.4. The van der Waals surface area contributed by atoms with Crippen molar-refractivity contribution in [3.63, 3.8) is 0 Å². The summed E-state index contributed by atoms with van der Waals surface area (Å²) in [5.74, 6) is 2.81. The molecule has 0 saturated carbocycles. The maximum absolute atomic E-state index is 9.54. The lowest BCUT2D eigenvalue weighted by molar-refractivity contribution is 0.397. The highest BCUT2D eigenvalue weighted by Crippen LogP contribution is 2.32. The molecule has 0 aliphatic carbocycles. The Morgan fingerprint density at radius 2 is 1.16 bits per heavy atom. The Bertz CT molecular complexity index is 2300. The van der Waals surface area contributed by atoms with Crippen LogP contribution in [-0.2, 0) is 39.0 Å². The quantitative estimate of drug-likeness (QED) is 0.145. The van der Waals surface area contributed by atoms with Crippen molar-refractivity contribution >= 4 is 38.9 Å². The number of nitriles is 2. The molecule has 15 heteroatoms. The van der Waals surface area contributed by atoms with Gasteiger partial charge in [-0.1, -0.05) is 34.1 Å². The Morgan fingerprint density at radius 3 is 1.62 bits per heavy atom. The summed E-state index contributed by atoms with van der Waals surface area (Å²) in [5, 5.41) is 25.9. The standard InChI is InChI=1S/C22H22N6O.C21H19BrN6O/c1-15-3-5-20(17(9-15)10-23)28-8-7-19-18(13-28)22(27-14-26-19)25-12-16-4-6-21(29-2)24-11-16;1-29-20-5-2-14(10-24-20)11-25-21-17-12-28(7-6-18(17)26-13-27-21)19-4-3-16(22)8-15(19)9-23/h3-6,9,11,14H,7-8,12-13H2,1-2H3,(H,25,26,27);2-5,8,10,13H,6-7,11-12H2,1H3,(H,25,26,27). The van der Waals surface area contributed by atoms with Crippen molar-refractivity contribution in [2.75, 3.05) is 47.7 Å². The van der Waals surface area contributed by atoms with E-state index in [1.54, 1.807) is 39.3 Å². The fourth-order valence-corrected chi connectivity index (χ4v) is 7.29. The average molecular weight is 838 g/mol. The first-order chi connectivity index (χ1) is 28.3. The molecule has 2 aliphatic heterocycles. The Kier molecular flexibility index (Phi) is 12.5. The molecule has 2 aliphatic rings. The van der Waals surface area contributed by atoms with E-state index in [1.165, 1.54) is 0 Å². The minimum absolute atomic E-state index is 0.589. The van der Waals surface area contributed by atoms with E-state index in [4.69, 9.17) is 9.47 Å². The van der Waals surface area contributed by atoms with Crippen LogP contribution >= 0.6 is 15.9 Å². The number of anilines is 4. The number of aryl methyl sites for hydroxylation is 1. The minimum Gasteiger partial charge on any atom is -0.481 e.